The van der Waals surface area contributed by atoms with Gasteiger partial charge in [-0.25, -0.2) is 0 Å². The van der Waals surface area contributed by atoms with Crippen LogP contribution in [0.5, 0.6) is 11.5 Å². The van der Waals surface area contributed by atoms with Gasteiger partial charge in [-0.2, -0.15) is 0 Å². The SMILES string of the molecule is O=C(CSc1cc(Cl)ccc1Cl)NNC(=O)c1cc(Cl)c2c(c1)OCCO2. The first-order chi connectivity index (χ1) is 12.9. The van der Waals surface area contributed by atoms with Gasteiger partial charge in [0.25, 0.3) is 5.91 Å². The van der Waals surface area contributed by atoms with Crippen molar-refractivity contribution in [3.8, 4) is 11.5 Å². The van der Waals surface area contributed by atoms with Crippen molar-refractivity contribution in [2.24, 2.45) is 0 Å². The van der Waals surface area contributed by atoms with E-state index in [1.807, 2.05) is 0 Å². The van der Waals surface area contributed by atoms with Crippen molar-refractivity contribution < 1.29 is 19.1 Å². The van der Waals surface area contributed by atoms with E-state index in [-0.39, 0.29) is 16.3 Å². The van der Waals surface area contributed by atoms with Gasteiger partial charge in [-0.1, -0.05) is 34.8 Å². The average molecular weight is 448 g/mol. The van der Waals surface area contributed by atoms with Crippen LogP contribution < -0.4 is 20.3 Å². The number of amides is 2. The Morgan fingerprint density at radius 3 is 2.59 bits per heavy atom. The summed E-state index contributed by atoms with van der Waals surface area (Å²) in [6, 6.07) is 7.92. The molecule has 27 heavy (non-hydrogen) atoms. The first kappa shape index (κ1) is 19.9. The van der Waals surface area contributed by atoms with Crippen LogP contribution >= 0.6 is 46.6 Å². The Bertz CT molecular complexity index is 895. The molecule has 0 bridgehead atoms. The first-order valence-corrected chi connectivity index (χ1v) is 9.82. The normalized spacial score (nSPS) is 12.4. The van der Waals surface area contributed by atoms with Crippen molar-refractivity contribution in [3.63, 3.8) is 0 Å². The lowest BCUT2D eigenvalue weighted by Crippen LogP contribution is -2.42. The van der Waals surface area contributed by atoms with Crippen molar-refractivity contribution in [2.45, 2.75) is 4.90 Å². The van der Waals surface area contributed by atoms with Gasteiger partial charge in [0.15, 0.2) is 11.5 Å². The number of carbonyl (C=O) groups is 2. The number of ether oxygens (including phenoxy) is 2. The molecular formula is C17H13Cl3N2O4S. The molecule has 2 aromatic rings. The lowest BCUT2D eigenvalue weighted by molar-refractivity contribution is -0.119. The number of rotatable bonds is 4. The lowest BCUT2D eigenvalue weighted by Gasteiger charge is -2.20. The third kappa shape index (κ3) is 5.13. The van der Waals surface area contributed by atoms with Gasteiger partial charge < -0.3 is 9.47 Å². The van der Waals surface area contributed by atoms with Crippen LogP contribution in [0.25, 0.3) is 0 Å². The van der Waals surface area contributed by atoms with Crippen molar-refractivity contribution in [1.29, 1.82) is 0 Å². The van der Waals surface area contributed by atoms with Gasteiger partial charge in [0, 0.05) is 15.5 Å². The molecule has 1 heterocycles. The molecule has 2 aromatic carbocycles. The number of hydrazine groups is 1. The molecular weight excluding hydrogens is 435 g/mol. The van der Waals surface area contributed by atoms with E-state index in [1.54, 1.807) is 18.2 Å². The molecule has 0 atom stereocenters. The topological polar surface area (TPSA) is 76.7 Å². The number of fused-ring (bicyclic) bond motifs is 1. The third-order valence-electron chi connectivity index (χ3n) is 3.43. The quantitative estimate of drug-likeness (QED) is 0.548. The molecule has 0 saturated carbocycles. The number of hydrogen-bond acceptors (Lipinski definition) is 5. The second kappa shape index (κ2) is 8.93. The highest BCUT2D eigenvalue weighted by molar-refractivity contribution is 8.00. The minimum atomic E-state index is -0.534. The second-order valence-electron chi connectivity index (χ2n) is 5.35. The van der Waals surface area contributed by atoms with Gasteiger partial charge >= 0.3 is 0 Å². The molecule has 0 spiro atoms. The van der Waals surface area contributed by atoms with E-state index in [9.17, 15) is 9.59 Å². The number of nitrogens with one attached hydrogen (secondary N) is 2. The molecule has 2 N–H and O–H groups in total. The molecule has 1 aliphatic rings. The maximum absolute atomic E-state index is 12.2. The van der Waals surface area contributed by atoms with E-state index in [4.69, 9.17) is 44.3 Å². The highest BCUT2D eigenvalue weighted by Gasteiger charge is 2.19. The van der Waals surface area contributed by atoms with Crippen molar-refractivity contribution in [3.05, 3.63) is 51.0 Å². The fraction of sp³-hybridized carbons (Fsp3) is 0.176. The third-order valence-corrected chi connectivity index (χ3v) is 5.44. The number of halogens is 3. The van der Waals surface area contributed by atoms with Crippen LogP contribution in [0, 0.1) is 0 Å². The Morgan fingerprint density at radius 1 is 1.00 bits per heavy atom. The van der Waals surface area contributed by atoms with Crippen LogP contribution in [0.1, 0.15) is 10.4 Å². The Balaban J connectivity index is 1.55. The maximum atomic E-state index is 12.2. The Kier molecular flexibility index (Phi) is 6.59. The molecule has 0 unspecified atom stereocenters. The summed E-state index contributed by atoms with van der Waals surface area (Å²) < 4.78 is 10.8. The van der Waals surface area contributed by atoms with E-state index < -0.39 is 11.8 Å². The summed E-state index contributed by atoms with van der Waals surface area (Å²) >= 11 is 19.3. The van der Waals surface area contributed by atoms with Gasteiger partial charge in [-0.3, -0.25) is 20.4 Å². The fourth-order valence-electron chi connectivity index (χ4n) is 2.21. The Labute approximate surface area is 174 Å². The van der Waals surface area contributed by atoms with Gasteiger partial charge in [0.2, 0.25) is 5.91 Å². The molecule has 0 aliphatic carbocycles. The van der Waals surface area contributed by atoms with Crippen molar-refractivity contribution in [1.82, 2.24) is 10.9 Å². The van der Waals surface area contributed by atoms with Gasteiger partial charge in [0.1, 0.15) is 13.2 Å². The molecule has 2 amide bonds. The van der Waals surface area contributed by atoms with Crippen LogP contribution in [0.2, 0.25) is 15.1 Å². The fourth-order valence-corrected chi connectivity index (χ4v) is 3.77. The van der Waals surface area contributed by atoms with Crippen LogP contribution in [0.4, 0.5) is 0 Å². The lowest BCUT2D eigenvalue weighted by atomic mass is 10.2. The minimum Gasteiger partial charge on any atom is -0.486 e. The molecule has 3 rings (SSSR count). The Hall–Kier alpha value is -1.80. The molecule has 0 radical (unpaired) electrons. The van der Waals surface area contributed by atoms with Crippen molar-refractivity contribution in [2.75, 3.05) is 19.0 Å². The largest absolute Gasteiger partial charge is 0.486 e. The monoisotopic (exact) mass is 446 g/mol. The summed E-state index contributed by atoms with van der Waals surface area (Å²) in [5, 5.41) is 1.27. The zero-order valence-electron chi connectivity index (χ0n) is 13.7. The molecule has 1 aliphatic heterocycles. The Morgan fingerprint density at radius 2 is 1.78 bits per heavy atom. The second-order valence-corrected chi connectivity index (χ2v) is 7.62. The van der Waals surface area contributed by atoms with E-state index in [0.29, 0.717) is 39.7 Å². The predicted octanol–water partition coefficient (Wildman–Crippen LogP) is 3.97. The summed E-state index contributed by atoms with van der Waals surface area (Å²) in [6.07, 6.45) is 0. The summed E-state index contributed by atoms with van der Waals surface area (Å²) in [7, 11) is 0. The number of hydrogen-bond donors (Lipinski definition) is 2. The van der Waals surface area contributed by atoms with Gasteiger partial charge in [-0.05, 0) is 30.3 Å². The maximum Gasteiger partial charge on any atom is 0.269 e. The number of carbonyl (C=O) groups excluding carboxylic acids is 2. The molecule has 0 aromatic heterocycles. The van der Waals surface area contributed by atoms with Gasteiger partial charge in [0.05, 0.1) is 15.8 Å². The minimum absolute atomic E-state index is 0.0439. The zero-order valence-corrected chi connectivity index (χ0v) is 16.8. The molecule has 10 heteroatoms. The van der Waals surface area contributed by atoms with E-state index in [0.717, 1.165) is 0 Å². The van der Waals surface area contributed by atoms with Crippen LogP contribution in [0.3, 0.4) is 0 Å². The van der Waals surface area contributed by atoms with E-state index in [2.05, 4.69) is 10.9 Å². The van der Waals surface area contributed by atoms with E-state index >= 15 is 0 Å². The van der Waals surface area contributed by atoms with Gasteiger partial charge in [-0.15, -0.1) is 11.8 Å². The molecule has 6 nitrogen and oxygen atoms in total. The average Bonchev–Trinajstić information content (AvgIpc) is 2.66. The number of benzene rings is 2. The standard InChI is InChI=1S/C17H13Cl3N2O4S/c18-10-1-2-11(19)14(7-10)27-8-15(23)21-22-17(24)9-5-12(20)16-13(6-9)25-3-4-26-16/h1-2,5-7H,3-4,8H2,(H,21,23)(H,22,24). The predicted molar refractivity (Wildman–Crippen MR) is 105 cm³/mol. The van der Waals surface area contributed by atoms with Crippen LogP contribution in [0.15, 0.2) is 35.2 Å². The van der Waals surface area contributed by atoms with Crippen LogP contribution in [-0.4, -0.2) is 30.8 Å². The smallest absolute Gasteiger partial charge is 0.269 e. The molecule has 0 fully saturated rings. The first-order valence-electron chi connectivity index (χ1n) is 7.70. The van der Waals surface area contributed by atoms with Crippen LogP contribution in [-0.2, 0) is 4.79 Å². The summed E-state index contributed by atoms with van der Waals surface area (Å²) in [5.74, 6) is -0.113. The molecule has 0 saturated heterocycles. The van der Waals surface area contributed by atoms with Crippen molar-refractivity contribution >= 4 is 58.4 Å². The summed E-state index contributed by atoms with van der Waals surface area (Å²) in [6.45, 7) is 0.761. The number of thioether (sulfide) groups is 1. The summed E-state index contributed by atoms with van der Waals surface area (Å²) in [4.78, 5) is 24.9. The summed E-state index contributed by atoms with van der Waals surface area (Å²) in [5.41, 5.74) is 4.89. The zero-order chi connectivity index (χ0) is 19.4. The highest BCUT2D eigenvalue weighted by atomic mass is 35.5. The molecule has 142 valence electrons. The highest BCUT2D eigenvalue weighted by Crippen LogP contribution is 2.38. The van der Waals surface area contributed by atoms with E-state index in [1.165, 1.54) is 23.9 Å².